The first-order chi connectivity index (χ1) is 7.32. The minimum atomic E-state index is -3.83. The number of rotatable bonds is 3. The fourth-order valence-electron chi connectivity index (χ4n) is 1.05. The highest BCUT2D eigenvalue weighted by molar-refractivity contribution is 9.10. The third-order valence-corrected chi connectivity index (χ3v) is 3.20. The molecule has 1 aromatic rings. The third-order valence-electron chi connectivity index (χ3n) is 1.81. The second-order valence-electron chi connectivity index (χ2n) is 3.15. The lowest BCUT2D eigenvalue weighted by molar-refractivity contribution is -0.115. The number of amides is 1. The maximum atomic E-state index is 11.4. The van der Waals surface area contributed by atoms with Gasteiger partial charge in [0, 0.05) is 0 Å². The van der Waals surface area contributed by atoms with Crippen LogP contribution < -0.4 is 10.5 Å². The zero-order valence-electron chi connectivity index (χ0n) is 8.48. The van der Waals surface area contributed by atoms with Crippen LogP contribution in [0, 0.1) is 0 Å². The van der Waals surface area contributed by atoms with Gasteiger partial charge in [0.15, 0.2) is 0 Å². The molecule has 1 unspecified atom stereocenters. The van der Waals surface area contributed by atoms with Gasteiger partial charge in [-0.15, -0.1) is 0 Å². The number of primary sulfonamides is 1. The summed E-state index contributed by atoms with van der Waals surface area (Å²) in [6, 6.07) is 5.97. The van der Waals surface area contributed by atoms with Gasteiger partial charge in [-0.1, -0.05) is 28.1 Å². The molecule has 1 rings (SSSR count). The van der Waals surface area contributed by atoms with Gasteiger partial charge in [0.05, 0.1) is 10.5 Å². The summed E-state index contributed by atoms with van der Waals surface area (Å²) in [5.74, 6) is -0.337. The Morgan fingerprint density at radius 1 is 1.44 bits per heavy atom. The van der Waals surface area contributed by atoms with Crippen LogP contribution in [0.25, 0.3) is 0 Å². The molecule has 3 N–H and O–H groups in total. The van der Waals surface area contributed by atoms with Gasteiger partial charge in [-0.3, -0.25) is 4.79 Å². The van der Waals surface area contributed by atoms with Crippen LogP contribution in [0.15, 0.2) is 29.2 Å². The van der Waals surface area contributed by atoms with Gasteiger partial charge in [0.1, 0.15) is 4.90 Å². The predicted octanol–water partition coefficient (Wildman–Crippen LogP) is 1.06. The number of nitrogens with two attached hydrogens (primary N) is 1. The molecule has 0 saturated carbocycles. The van der Waals surface area contributed by atoms with E-state index in [0.717, 1.165) is 0 Å². The number of para-hydroxylation sites is 1. The normalized spacial score (nSPS) is 13.2. The molecular formula is C9H11BrN2O3S. The van der Waals surface area contributed by atoms with E-state index in [4.69, 9.17) is 5.14 Å². The highest BCUT2D eigenvalue weighted by Crippen LogP contribution is 2.19. The number of hydrogen-bond acceptors (Lipinski definition) is 3. The Hall–Kier alpha value is -0.920. The number of halogens is 1. The molecule has 1 aromatic carbocycles. The Labute approximate surface area is 102 Å². The Morgan fingerprint density at radius 3 is 2.50 bits per heavy atom. The third kappa shape index (κ3) is 3.29. The molecule has 88 valence electrons. The summed E-state index contributed by atoms with van der Waals surface area (Å²) >= 11 is 3.08. The Morgan fingerprint density at radius 2 is 2.00 bits per heavy atom. The maximum Gasteiger partial charge on any atom is 0.240 e. The van der Waals surface area contributed by atoms with Crippen LogP contribution in [-0.2, 0) is 14.8 Å². The van der Waals surface area contributed by atoms with Crippen LogP contribution >= 0.6 is 15.9 Å². The fourth-order valence-corrected chi connectivity index (χ4v) is 1.86. The SMILES string of the molecule is CC(Br)C(=O)Nc1ccccc1S(N)(=O)=O. The van der Waals surface area contributed by atoms with Crippen molar-refractivity contribution in [1.29, 1.82) is 0 Å². The monoisotopic (exact) mass is 306 g/mol. The standard InChI is InChI=1S/C9H11BrN2O3S/c1-6(10)9(13)12-7-4-2-3-5-8(7)16(11,14)15/h2-6H,1H3,(H,12,13)(H2,11,14,15). The summed E-state index contributed by atoms with van der Waals surface area (Å²) in [6.07, 6.45) is 0. The van der Waals surface area contributed by atoms with Crippen molar-refractivity contribution >= 4 is 37.5 Å². The highest BCUT2D eigenvalue weighted by Gasteiger charge is 2.16. The van der Waals surface area contributed by atoms with Gasteiger partial charge in [-0.05, 0) is 19.1 Å². The molecule has 7 heteroatoms. The molecule has 1 atom stereocenters. The second-order valence-corrected chi connectivity index (χ2v) is 6.05. The van der Waals surface area contributed by atoms with Gasteiger partial charge in [-0.2, -0.15) is 0 Å². The zero-order chi connectivity index (χ0) is 12.3. The van der Waals surface area contributed by atoms with Crippen molar-refractivity contribution < 1.29 is 13.2 Å². The molecule has 5 nitrogen and oxygen atoms in total. The zero-order valence-corrected chi connectivity index (χ0v) is 10.9. The summed E-state index contributed by atoms with van der Waals surface area (Å²) in [4.78, 5) is 10.9. The number of hydrogen-bond donors (Lipinski definition) is 2. The van der Waals surface area contributed by atoms with E-state index in [2.05, 4.69) is 21.2 Å². The summed E-state index contributed by atoms with van der Waals surface area (Å²) < 4.78 is 22.4. The predicted molar refractivity (Wildman–Crippen MR) is 64.8 cm³/mol. The van der Waals surface area contributed by atoms with E-state index < -0.39 is 14.9 Å². The molecule has 0 spiro atoms. The van der Waals surface area contributed by atoms with Gasteiger partial charge in [-0.25, -0.2) is 13.6 Å². The Bertz CT molecular complexity index is 499. The molecule has 0 aliphatic heterocycles. The first kappa shape index (κ1) is 13.1. The van der Waals surface area contributed by atoms with Gasteiger partial charge >= 0.3 is 0 Å². The molecule has 1 amide bonds. The van der Waals surface area contributed by atoms with E-state index in [0.29, 0.717) is 0 Å². The minimum absolute atomic E-state index is 0.100. The molecule has 16 heavy (non-hydrogen) atoms. The molecule has 0 radical (unpaired) electrons. The number of benzene rings is 1. The molecule has 0 saturated heterocycles. The first-order valence-corrected chi connectivity index (χ1v) is 6.85. The van der Waals surface area contributed by atoms with E-state index in [9.17, 15) is 13.2 Å². The largest absolute Gasteiger partial charge is 0.324 e. The van der Waals surface area contributed by atoms with E-state index in [1.807, 2.05) is 0 Å². The van der Waals surface area contributed by atoms with E-state index in [-0.39, 0.29) is 16.5 Å². The maximum absolute atomic E-state index is 11.4. The van der Waals surface area contributed by atoms with Crippen LogP contribution in [0.3, 0.4) is 0 Å². The minimum Gasteiger partial charge on any atom is -0.324 e. The number of alkyl halides is 1. The van der Waals surface area contributed by atoms with Gasteiger partial charge in [0.25, 0.3) is 0 Å². The lowest BCUT2D eigenvalue weighted by atomic mass is 10.3. The average Bonchev–Trinajstić information content (AvgIpc) is 2.16. The van der Waals surface area contributed by atoms with Gasteiger partial charge < -0.3 is 5.32 Å². The average molecular weight is 307 g/mol. The van der Waals surface area contributed by atoms with Crippen molar-refractivity contribution in [3.63, 3.8) is 0 Å². The highest BCUT2D eigenvalue weighted by atomic mass is 79.9. The van der Waals surface area contributed by atoms with E-state index >= 15 is 0 Å². The quantitative estimate of drug-likeness (QED) is 0.818. The number of carbonyl (C=O) groups is 1. The molecule has 0 aliphatic carbocycles. The number of carbonyl (C=O) groups excluding carboxylic acids is 1. The Kier molecular flexibility index (Phi) is 4.06. The fraction of sp³-hybridized carbons (Fsp3) is 0.222. The number of anilines is 1. The van der Waals surface area contributed by atoms with Crippen LogP contribution in [0.2, 0.25) is 0 Å². The van der Waals surface area contributed by atoms with Crippen LogP contribution in [0.4, 0.5) is 5.69 Å². The van der Waals surface area contributed by atoms with Crippen molar-refractivity contribution in [2.75, 3.05) is 5.32 Å². The van der Waals surface area contributed by atoms with Crippen LogP contribution in [0.1, 0.15) is 6.92 Å². The molecule has 0 bridgehead atoms. The van der Waals surface area contributed by atoms with Gasteiger partial charge in [0.2, 0.25) is 15.9 Å². The molecule has 0 aromatic heterocycles. The number of sulfonamides is 1. The molecule has 0 aliphatic rings. The second kappa shape index (κ2) is 4.94. The summed E-state index contributed by atoms with van der Waals surface area (Å²) in [7, 11) is -3.83. The van der Waals surface area contributed by atoms with Crippen molar-refractivity contribution in [2.45, 2.75) is 16.6 Å². The van der Waals surface area contributed by atoms with E-state index in [1.165, 1.54) is 18.2 Å². The number of nitrogens with one attached hydrogen (secondary N) is 1. The van der Waals surface area contributed by atoms with Crippen molar-refractivity contribution in [3.8, 4) is 0 Å². The molecular weight excluding hydrogens is 296 g/mol. The summed E-state index contributed by atoms with van der Waals surface area (Å²) in [5.41, 5.74) is 0.182. The molecule has 0 fully saturated rings. The van der Waals surface area contributed by atoms with Crippen molar-refractivity contribution in [2.24, 2.45) is 5.14 Å². The smallest absolute Gasteiger partial charge is 0.240 e. The lowest BCUT2D eigenvalue weighted by Crippen LogP contribution is -2.22. The van der Waals surface area contributed by atoms with Crippen molar-refractivity contribution in [1.82, 2.24) is 0 Å². The molecule has 0 heterocycles. The Balaban J connectivity index is 3.11. The topological polar surface area (TPSA) is 89.3 Å². The summed E-state index contributed by atoms with van der Waals surface area (Å²) in [5, 5.41) is 7.49. The first-order valence-electron chi connectivity index (χ1n) is 4.39. The summed E-state index contributed by atoms with van der Waals surface area (Å²) in [6.45, 7) is 1.63. The van der Waals surface area contributed by atoms with Crippen LogP contribution in [-0.4, -0.2) is 19.2 Å². The lowest BCUT2D eigenvalue weighted by Gasteiger charge is -2.10. The van der Waals surface area contributed by atoms with Crippen molar-refractivity contribution in [3.05, 3.63) is 24.3 Å². The van der Waals surface area contributed by atoms with E-state index in [1.54, 1.807) is 13.0 Å². The van der Waals surface area contributed by atoms with Crippen LogP contribution in [0.5, 0.6) is 0 Å².